The number of fused-ring (bicyclic) bond motifs is 1. The summed E-state index contributed by atoms with van der Waals surface area (Å²) in [6.07, 6.45) is 3.69. The predicted molar refractivity (Wildman–Crippen MR) is 81.5 cm³/mol. The van der Waals surface area contributed by atoms with Gasteiger partial charge in [-0.05, 0) is 36.2 Å². The number of nitrogens with two attached hydrogens (primary N) is 1. The smallest absolute Gasteiger partial charge is 0.159 e. The molecule has 0 unspecified atom stereocenters. The van der Waals surface area contributed by atoms with Crippen molar-refractivity contribution in [1.82, 2.24) is 14.5 Å². The van der Waals surface area contributed by atoms with E-state index in [1.807, 2.05) is 30.5 Å². The van der Waals surface area contributed by atoms with Crippen molar-refractivity contribution >= 4 is 16.9 Å². The maximum Gasteiger partial charge on any atom is 0.159 e. The Balaban J connectivity index is 2.01. The van der Waals surface area contributed by atoms with Crippen molar-refractivity contribution in [3.63, 3.8) is 0 Å². The Morgan fingerprint density at radius 2 is 1.95 bits per heavy atom. The normalized spacial score (nSPS) is 11.1. The molecule has 0 bridgehead atoms. The first kappa shape index (κ1) is 12.7. The van der Waals surface area contributed by atoms with Crippen LogP contribution in [0.15, 0.2) is 42.6 Å². The summed E-state index contributed by atoms with van der Waals surface area (Å²) in [4.78, 5) is 9.17. The predicted octanol–water partition coefficient (Wildman–Crippen LogP) is 3.01. The number of rotatable bonds is 4. The average Bonchev–Trinajstić information content (AvgIpc) is 2.80. The van der Waals surface area contributed by atoms with E-state index in [1.54, 1.807) is 0 Å². The van der Waals surface area contributed by atoms with E-state index in [-0.39, 0.29) is 0 Å². The third kappa shape index (κ3) is 2.37. The molecule has 0 saturated carbocycles. The van der Waals surface area contributed by atoms with Crippen LogP contribution in [-0.4, -0.2) is 14.5 Å². The fourth-order valence-electron chi connectivity index (χ4n) is 2.42. The molecule has 3 rings (SSSR count). The van der Waals surface area contributed by atoms with Crippen LogP contribution in [0.2, 0.25) is 0 Å². The summed E-state index contributed by atoms with van der Waals surface area (Å²) in [5.74, 6) is 1.06. The number of aryl methyl sites for hydroxylation is 1. The Morgan fingerprint density at radius 1 is 1.15 bits per heavy atom. The number of anilines is 1. The summed E-state index contributed by atoms with van der Waals surface area (Å²) in [5, 5.41) is 0. The number of imidazole rings is 1. The Bertz CT molecular complexity index is 713. The van der Waals surface area contributed by atoms with Crippen LogP contribution >= 0.6 is 0 Å². The Kier molecular flexibility index (Phi) is 3.37. The van der Waals surface area contributed by atoms with Crippen LogP contribution in [0.3, 0.4) is 0 Å². The monoisotopic (exact) mass is 266 g/mol. The Labute approximate surface area is 118 Å². The summed E-state index contributed by atoms with van der Waals surface area (Å²) in [7, 11) is 0. The zero-order chi connectivity index (χ0) is 13.9. The molecule has 2 aromatic heterocycles. The maximum atomic E-state index is 5.73. The largest absolute Gasteiger partial charge is 0.399 e. The van der Waals surface area contributed by atoms with Gasteiger partial charge < -0.3 is 10.3 Å². The molecular weight excluding hydrogens is 248 g/mol. The van der Waals surface area contributed by atoms with E-state index in [4.69, 9.17) is 10.7 Å². The van der Waals surface area contributed by atoms with Crippen molar-refractivity contribution in [2.75, 3.05) is 5.73 Å². The summed E-state index contributed by atoms with van der Waals surface area (Å²) < 4.78 is 2.21. The van der Waals surface area contributed by atoms with Crippen LogP contribution in [0.4, 0.5) is 5.69 Å². The van der Waals surface area contributed by atoms with Crippen LogP contribution in [0.1, 0.15) is 24.7 Å². The van der Waals surface area contributed by atoms with Crippen molar-refractivity contribution in [2.24, 2.45) is 0 Å². The second-order valence-electron chi connectivity index (χ2n) is 4.94. The summed E-state index contributed by atoms with van der Waals surface area (Å²) in [6, 6.07) is 11.9. The number of nitrogen functional groups attached to an aromatic ring is 1. The number of benzene rings is 1. The first-order valence-corrected chi connectivity index (χ1v) is 6.92. The minimum absolute atomic E-state index is 0.789. The second kappa shape index (κ2) is 5.33. The standard InChI is InChI=1S/C16H18N4/c1-2-10-20-15(11-12-5-7-13(17)8-6-12)19-14-4-3-9-18-16(14)20/h3-9H,2,10-11,17H2,1H3. The van der Waals surface area contributed by atoms with Crippen molar-refractivity contribution in [3.8, 4) is 0 Å². The highest BCUT2D eigenvalue weighted by Gasteiger charge is 2.11. The van der Waals surface area contributed by atoms with Crippen LogP contribution in [-0.2, 0) is 13.0 Å². The van der Waals surface area contributed by atoms with Gasteiger partial charge in [-0.1, -0.05) is 19.1 Å². The van der Waals surface area contributed by atoms with Gasteiger partial charge >= 0.3 is 0 Å². The number of hydrogen-bond acceptors (Lipinski definition) is 3. The van der Waals surface area contributed by atoms with Crippen LogP contribution in [0.5, 0.6) is 0 Å². The lowest BCUT2D eigenvalue weighted by molar-refractivity contribution is 0.659. The van der Waals surface area contributed by atoms with E-state index >= 15 is 0 Å². The minimum Gasteiger partial charge on any atom is -0.399 e. The van der Waals surface area contributed by atoms with Crippen molar-refractivity contribution in [1.29, 1.82) is 0 Å². The van der Waals surface area contributed by atoms with Crippen molar-refractivity contribution in [2.45, 2.75) is 26.3 Å². The van der Waals surface area contributed by atoms with E-state index in [0.717, 1.165) is 42.1 Å². The van der Waals surface area contributed by atoms with Gasteiger partial charge in [0.15, 0.2) is 5.65 Å². The fourth-order valence-corrected chi connectivity index (χ4v) is 2.42. The molecule has 1 aromatic carbocycles. The van der Waals surface area contributed by atoms with E-state index in [0.29, 0.717) is 0 Å². The lowest BCUT2D eigenvalue weighted by atomic mass is 10.1. The molecule has 0 atom stereocenters. The molecule has 0 radical (unpaired) electrons. The molecule has 4 heteroatoms. The highest BCUT2D eigenvalue weighted by atomic mass is 15.1. The number of aromatic nitrogens is 3. The highest BCUT2D eigenvalue weighted by Crippen LogP contribution is 2.17. The van der Waals surface area contributed by atoms with Crippen molar-refractivity contribution < 1.29 is 0 Å². The van der Waals surface area contributed by atoms with Gasteiger partial charge in [-0.25, -0.2) is 9.97 Å². The molecule has 0 amide bonds. The maximum absolute atomic E-state index is 5.73. The lowest BCUT2D eigenvalue weighted by Crippen LogP contribution is -2.05. The molecule has 4 nitrogen and oxygen atoms in total. The van der Waals surface area contributed by atoms with Crippen LogP contribution in [0, 0.1) is 0 Å². The highest BCUT2D eigenvalue weighted by molar-refractivity contribution is 5.71. The first-order chi connectivity index (χ1) is 9.78. The average molecular weight is 266 g/mol. The van der Waals surface area contributed by atoms with E-state index in [1.165, 1.54) is 5.56 Å². The molecule has 2 N–H and O–H groups in total. The summed E-state index contributed by atoms with van der Waals surface area (Å²) in [6.45, 7) is 3.11. The molecule has 0 aliphatic carbocycles. The molecule has 0 fully saturated rings. The van der Waals surface area contributed by atoms with Crippen LogP contribution in [0.25, 0.3) is 11.2 Å². The van der Waals surface area contributed by atoms with Gasteiger partial charge in [-0.2, -0.15) is 0 Å². The molecule has 3 aromatic rings. The van der Waals surface area contributed by atoms with Gasteiger partial charge in [0.05, 0.1) is 0 Å². The number of nitrogens with zero attached hydrogens (tertiary/aromatic N) is 3. The van der Waals surface area contributed by atoms with E-state index in [2.05, 4.69) is 28.6 Å². The Morgan fingerprint density at radius 3 is 2.70 bits per heavy atom. The van der Waals surface area contributed by atoms with Gasteiger partial charge in [0.2, 0.25) is 0 Å². The van der Waals surface area contributed by atoms with Gasteiger partial charge in [0.1, 0.15) is 11.3 Å². The molecule has 2 heterocycles. The van der Waals surface area contributed by atoms with Gasteiger partial charge in [0, 0.05) is 24.8 Å². The molecular formula is C16H18N4. The van der Waals surface area contributed by atoms with E-state index in [9.17, 15) is 0 Å². The van der Waals surface area contributed by atoms with E-state index < -0.39 is 0 Å². The molecule has 0 saturated heterocycles. The van der Waals surface area contributed by atoms with Crippen LogP contribution < -0.4 is 5.73 Å². The zero-order valence-electron chi connectivity index (χ0n) is 11.6. The second-order valence-corrected chi connectivity index (χ2v) is 4.94. The fraction of sp³-hybridized carbons (Fsp3) is 0.250. The molecule has 102 valence electrons. The third-order valence-corrected chi connectivity index (χ3v) is 3.37. The third-order valence-electron chi connectivity index (χ3n) is 3.37. The lowest BCUT2D eigenvalue weighted by Gasteiger charge is -2.07. The molecule has 0 aliphatic rings. The minimum atomic E-state index is 0.789. The number of hydrogen-bond donors (Lipinski definition) is 1. The van der Waals surface area contributed by atoms with Gasteiger partial charge in [-0.15, -0.1) is 0 Å². The molecule has 20 heavy (non-hydrogen) atoms. The molecule has 0 aliphatic heterocycles. The topological polar surface area (TPSA) is 56.7 Å². The summed E-state index contributed by atoms with van der Waals surface area (Å²) >= 11 is 0. The van der Waals surface area contributed by atoms with Gasteiger partial charge in [0.25, 0.3) is 0 Å². The SMILES string of the molecule is CCCn1c(Cc2ccc(N)cc2)nc2cccnc21. The quantitative estimate of drug-likeness (QED) is 0.738. The summed E-state index contributed by atoms with van der Waals surface area (Å²) in [5.41, 5.74) is 9.67. The molecule has 0 spiro atoms. The zero-order valence-corrected chi connectivity index (χ0v) is 11.6. The first-order valence-electron chi connectivity index (χ1n) is 6.92. The van der Waals surface area contributed by atoms with Gasteiger partial charge in [-0.3, -0.25) is 0 Å². The van der Waals surface area contributed by atoms with Crippen molar-refractivity contribution in [3.05, 3.63) is 54.0 Å². The Hall–Kier alpha value is -2.36. The number of pyridine rings is 1.